The number of ether oxygens (including phenoxy) is 2. The SMILES string of the molecule is C=C(C)C(=O)OCC(O)COc1c(I)cc(Br)cc1I. The number of aliphatic hydroxyl groups is 1. The van der Waals surface area contributed by atoms with Crippen LogP contribution < -0.4 is 4.74 Å². The summed E-state index contributed by atoms with van der Waals surface area (Å²) < 4.78 is 13.3. The number of benzene rings is 1. The second kappa shape index (κ2) is 8.54. The van der Waals surface area contributed by atoms with Crippen LogP contribution in [0.4, 0.5) is 0 Å². The third kappa shape index (κ3) is 5.86. The minimum Gasteiger partial charge on any atom is -0.489 e. The van der Waals surface area contributed by atoms with E-state index in [1.165, 1.54) is 0 Å². The molecule has 1 aromatic carbocycles. The molecule has 0 heterocycles. The second-order valence-corrected chi connectivity index (χ2v) is 7.28. The second-order valence-electron chi connectivity index (χ2n) is 4.04. The van der Waals surface area contributed by atoms with E-state index in [0.717, 1.165) is 11.6 Å². The lowest BCUT2D eigenvalue weighted by Crippen LogP contribution is -2.25. The zero-order chi connectivity index (χ0) is 15.3. The van der Waals surface area contributed by atoms with Crippen molar-refractivity contribution >= 4 is 67.1 Å². The van der Waals surface area contributed by atoms with Gasteiger partial charge in [0, 0.05) is 10.0 Å². The number of hydrogen-bond donors (Lipinski definition) is 1. The lowest BCUT2D eigenvalue weighted by Gasteiger charge is -2.15. The molecule has 1 aromatic rings. The standard InChI is InChI=1S/C13H13BrI2O4/c1-7(2)13(18)20-6-9(17)5-19-12-10(15)3-8(14)4-11(12)16/h3-4,9,17H,1,5-6H2,2H3. The van der Waals surface area contributed by atoms with Crippen LogP contribution >= 0.6 is 61.1 Å². The monoisotopic (exact) mass is 566 g/mol. The van der Waals surface area contributed by atoms with Crippen LogP contribution in [0.5, 0.6) is 5.75 Å². The topological polar surface area (TPSA) is 55.8 Å². The summed E-state index contributed by atoms with van der Waals surface area (Å²) in [4.78, 5) is 11.2. The van der Waals surface area contributed by atoms with Crippen LogP contribution in [0.2, 0.25) is 0 Å². The molecule has 1 N–H and O–H groups in total. The first-order chi connectivity index (χ1) is 9.31. The number of carbonyl (C=O) groups is 1. The van der Waals surface area contributed by atoms with Crippen molar-refractivity contribution in [3.63, 3.8) is 0 Å². The highest BCUT2D eigenvalue weighted by Crippen LogP contribution is 2.30. The number of hydrogen-bond acceptors (Lipinski definition) is 4. The van der Waals surface area contributed by atoms with Gasteiger partial charge in [-0.2, -0.15) is 0 Å². The van der Waals surface area contributed by atoms with Gasteiger partial charge in [-0.25, -0.2) is 4.79 Å². The average molecular weight is 567 g/mol. The van der Waals surface area contributed by atoms with Crippen LogP contribution in [-0.2, 0) is 9.53 Å². The summed E-state index contributed by atoms with van der Waals surface area (Å²) in [6, 6.07) is 3.84. The highest BCUT2D eigenvalue weighted by Gasteiger charge is 2.13. The Bertz CT molecular complexity index is 496. The van der Waals surface area contributed by atoms with Crippen molar-refractivity contribution in [2.45, 2.75) is 13.0 Å². The molecular weight excluding hydrogens is 554 g/mol. The number of aliphatic hydroxyl groups excluding tert-OH is 1. The first kappa shape index (κ1) is 18.2. The summed E-state index contributed by atoms with van der Waals surface area (Å²) in [6.07, 6.45) is -0.881. The van der Waals surface area contributed by atoms with Gasteiger partial charge in [0.25, 0.3) is 0 Å². The molecule has 20 heavy (non-hydrogen) atoms. The molecule has 1 unspecified atom stereocenters. The Hall–Kier alpha value is 0.130. The molecule has 110 valence electrons. The molecule has 0 bridgehead atoms. The van der Waals surface area contributed by atoms with Crippen LogP contribution in [0.15, 0.2) is 28.8 Å². The smallest absolute Gasteiger partial charge is 0.333 e. The molecule has 0 aromatic heterocycles. The summed E-state index contributed by atoms with van der Waals surface area (Å²) >= 11 is 7.72. The number of esters is 1. The van der Waals surface area contributed by atoms with Crippen LogP contribution in [0, 0.1) is 7.14 Å². The van der Waals surface area contributed by atoms with E-state index in [1.807, 2.05) is 12.1 Å². The fourth-order valence-corrected chi connectivity index (χ4v) is 4.58. The maximum absolute atomic E-state index is 11.2. The third-order valence-corrected chi connectivity index (χ3v) is 4.20. The minimum absolute atomic E-state index is 0.0527. The minimum atomic E-state index is -0.881. The lowest BCUT2D eigenvalue weighted by atomic mass is 10.3. The normalized spacial score (nSPS) is 11.8. The molecule has 0 radical (unpaired) electrons. The first-order valence-electron chi connectivity index (χ1n) is 5.59. The Morgan fingerprint density at radius 2 is 1.95 bits per heavy atom. The van der Waals surface area contributed by atoms with Crippen molar-refractivity contribution in [1.29, 1.82) is 0 Å². The number of rotatable bonds is 6. The first-order valence-corrected chi connectivity index (χ1v) is 8.54. The van der Waals surface area contributed by atoms with Crippen LogP contribution in [0.1, 0.15) is 6.92 Å². The van der Waals surface area contributed by atoms with Crippen molar-refractivity contribution in [1.82, 2.24) is 0 Å². The van der Waals surface area contributed by atoms with Crippen LogP contribution in [-0.4, -0.2) is 30.4 Å². The van der Waals surface area contributed by atoms with Gasteiger partial charge in [-0.15, -0.1) is 0 Å². The Labute approximate surface area is 153 Å². The maximum atomic E-state index is 11.2. The molecule has 1 atom stereocenters. The third-order valence-electron chi connectivity index (χ3n) is 2.14. The van der Waals surface area contributed by atoms with Crippen LogP contribution in [0.3, 0.4) is 0 Å². The highest BCUT2D eigenvalue weighted by atomic mass is 127. The van der Waals surface area contributed by atoms with Gasteiger partial charge in [-0.1, -0.05) is 22.5 Å². The molecule has 0 aliphatic heterocycles. The molecular formula is C13H13BrI2O4. The van der Waals surface area contributed by atoms with Gasteiger partial charge in [-0.05, 0) is 64.2 Å². The molecule has 4 nitrogen and oxygen atoms in total. The van der Waals surface area contributed by atoms with E-state index in [4.69, 9.17) is 9.47 Å². The summed E-state index contributed by atoms with van der Waals surface area (Å²) in [5.74, 6) is 0.191. The van der Waals surface area contributed by atoms with Gasteiger partial charge in [0.1, 0.15) is 25.1 Å². The quantitative estimate of drug-likeness (QED) is 0.325. The van der Waals surface area contributed by atoms with Gasteiger partial charge in [0.15, 0.2) is 0 Å². The van der Waals surface area contributed by atoms with Crippen molar-refractivity contribution in [3.05, 3.63) is 35.9 Å². The van der Waals surface area contributed by atoms with Crippen molar-refractivity contribution in [3.8, 4) is 5.75 Å². The summed E-state index contributed by atoms with van der Waals surface area (Å²) in [6.45, 7) is 4.95. The van der Waals surface area contributed by atoms with Crippen LogP contribution in [0.25, 0.3) is 0 Å². The molecule has 0 amide bonds. The Morgan fingerprint density at radius 3 is 2.45 bits per heavy atom. The molecule has 0 saturated carbocycles. The molecule has 7 heteroatoms. The predicted octanol–water partition coefficient (Wildman–Crippen LogP) is 3.52. The number of carbonyl (C=O) groups excluding carboxylic acids is 1. The van der Waals surface area contributed by atoms with E-state index in [2.05, 4.69) is 67.7 Å². The molecule has 1 rings (SSSR count). The molecule has 0 saturated heterocycles. The largest absolute Gasteiger partial charge is 0.489 e. The molecule has 0 aliphatic carbocycles. The van der Waals surface area contributed by atoms with Crippen molar-refractivity contribution in [2.75, 3.05) is 13.2 Å². The van der Waals surface area contributed by atoms with Gasteiger partial charge < -0.3 is 14.6 Å². The maximum Gasteiger partial charge on any atom is 0.333 e. The van der Waals surface area contributed by atoms with E-state index in [0.29, 0.717) is 11.3 Å². The zero-order valence-electron chi connectivity index (χ0n) is 10.7. The van der Waals surface area contributed by atoms with E-state index in [-0.39, 0.29) is 13.2 Å². The average Bonchev–Trinajstić information content (AvgIpc) is 2.34. The van der Waals surface area contributed by atoms with Crippen molar-refractivity contribution in [2.24, 2.45) is 0 Å². The molecule has 0 spiro atoms. The summed E-state index contributed by atoms with van der Waals surface area (Å²) in [5.41, 5.74) is 0.301. The van der Waals surface area contributed by atoms with E-state index in [9.17, 15) is 9.90 Å². The number of halogens is 3. The van der Waals surface area contributed by atoms with Gasteiger partial charge >= 0.3 is 5.97 Å². The Morgan fingerprint density at radius 1 is 1.40 bits per heavy atom. The zero-order valence-corrected chi connectivity index (χ0v) is 16.6. The van der Waals surface area contributed by atoms with Crippen molar-refractivity contribution < 1.29 is 19.4 Å². The predicted molar refractivity (Wildman–Crippen MR) is 96.9 cm³/mol. The highest BCUT2D eigenvalue weighted by molar-refractivity contribution is 14.1. The van der Waals surface area contributed by atoms with Gasteiger partial charge in [0.05, 0.1) is 7.14 Å². The van der Waals surface area contributed by atoms with Gasteiger partial charge in [-0.3, -0.25) is 0 Å². The lowest BCUT2D eigenvalue weighted by molar-refractivity contribution is -0.142. The molecule has 0 fully saturated rings. The van der Waals surface area contributed by atoms with E-state index in [1.54, 1.807) is 6.92 Å². The summed E-state index contributed by atoms with van der Waals surface area (Å²) in [5, 5.41) is 9.73. The van der Waals surface area contributed by atoms with Gasteiger partial charge in [0.2, 0.25) is 0 Å². The Balaban J connectivity index is 2.51. The Kier molecular flexibility index (Phi) is 7.77. The fourth-order valence-electron chi connectivity index (χ4n) is 1.19. The summed E-state index contributed by atoms with van der Waals surface area (Å²) in [7, 11) is 0. The molecule has 0 aliphatic rings. The van der Waals surface area contributed by atoms with E-state index < -0.39 is 12.1 Å². The fraction of sp³-hybridized carbons (Fsp3) is 0.308. The van der Waals surface area contributed by atoms with E-state index >= 15 is 0 Å².